The molecule has 3 heterocycles. The molecule has 0 bridgehead atoms. The minimum atomic E-state index is -0.133. The monoisotopic (exact) mass is 336 g/mol. The highest BCUT2D eigenvalue weighted by Gasteiger charge is 2.35. The number of methoxy groups -OCH3 is 1. The molecule has 1 aliphatic rings. The number of hydrogen-bond donors (Lipinski definition) is 0. The van der Waals surface area contributed by atoms with Crippen LogP contribution in [0.1, 0.15) is 65.9 Å². The topological polar surface area (TPSA) is 81.4 Å². The number of carbonyl (C=O) groups excluding carboxylic acids is 1. The van der Waals surface area contributed by atoms with Crippen LogP contribution in [0.25, 0.3) is 0 Å². The minimum Gasteiger partial charge on any atom is -0.378 e. The van der Waals surface area contributed by atoms with Crippen molar-refractivity contribution in [2.24, 2.45) is 0 Å². The molecule has 2 aromatic rings. The average molecular weight is 336 g/mol. The van der Waals surface area contributed by atoms with Crippen LogP contribution in [-0.4, -0.2) is 39.6 Å². The zero-order valence-electron chi connectivity index (χ0n) is 13.5. The lowest BCUT2D eigenvalue weighted by Crippen LogP contribution is -2.31. The highest BCUT2D eigenvalue weighted by Crippen LogP contribution is 2.32. The van der Waals surface area contributed by atoms with Gasteiger partial charge in [-0.2, -0.15) is 4.98 Å². The molecule has 0 unspecified atom stereocenters. The van der Waals surface area contributed by atoms with E-state index >= 15 is 0 Å². The van der Waals surface area contributed by atoms with E-state index in [1.807, 2.05) is 13.8 Å². The van der Waals surface area contributed by atoms with Crippen LogP contribution >= 0.6 is 11.3 Å². The third kappa shape index (κ3) is 3.28. The predicted molar refractivity (Wildman–Crippen MR) is 84.2 cm³/mol. The third-order valence-corrected chi connectivity index (χ3v) is 4.62. The van der Waals surface area contributed by atoms with Crippen molar-refractivity contribution in [3.05, 3.63) is 27.8 Å². The molecule has 0 spiro atoms. The molecule has 7 nitrogen and oxygen atoms in total. The zero-order chi connectivity index (χ0) is 16.4. The maximum atomic E-state index is 12.7. The first-order chi connectivity index (χ1) is 11.1. The van der Waals surface area contributed by atoms with Crippen LogP contribution < -0.4 is 0 Å². The van der Waals surface area contributed by atoms with E-state index in [0.717, 1.165) is 17.8 Å². The largest absolute Gasteiger partial charge is 0.378 e. The van der Waals surface area contributed by atoms with Crippen LogP contribution in [0.2, 0.25) is 0 Å². The molecule has 0 saturated carbocycles. The van der Waals surface area contributed by atoms with E-state index in [4.69, 9.17) is 9.26 Å². The van der Waals surface area contributed by atoms with Gasteiger partial charge in [-0.15, -0.1) is 11.3 Å². The Morgan fingerprint density at radius 2 is 2.35 bits per heavy atom. The molecule has 2 aromatic heterocycles. The van der Waals surface area contributed by atoms with Crippen molar-refractivity contribution in [3.63, 3.8) is 0 Å². The Morgan fingerprint density at radius 3 is 3.04 bits per heavy atom. The van der Waals surface area contributed by atoms with Gasteiger partial charge in [0.05, 0.1) is 12.6 Å². The van der Waals surface area contributed by atoms with Gasteiger partial charge in [0.1, 0.15) is 10.7 Å². The zero-order valence-corrected chi connectivity index (χ0v) is 14.3. The van der Waals surface area contributed by atoms with Gasteiger partial charge in [-0.05, 0) is 12.8 Å². The molecule has 3 rings (SSSR count). The van der Waals surface area contributed by atoms with Crippen molar-refractivity contribution < 1.29 is 14.1 Å². The van der Waals surface area contributed by atoms with Crippen LogP contribution in [-0.2, 0) is 11.3 Å². The molecule has 1 atom stereocenters. The van der Waals surface area contributed by atoms with Gasteiger partial charge in [0, 0.05) is 25.0 Å². The number of aromatic nitrogens is 3. The van der Waals surface area contributed by atoms with Crippen molar-refractivity contribution in [3.8, 4) is 0 Å². The molecule has 1 fully saturated rings. The summed E-state index contributed by atoms with van der Waals surface area (Å²) in [5, 5.41) is 6.64. The second-order valence-electron chi connectivity index (χ2n) is 5.86. The van der Waals surface area contributed by atoms with E-state index in [2.05, 4.69) is 15.1 Å². The van der Waals surface area contributed by atoms with Gasteiger partial charge in [-0.1, -0.05) is 19.0 Å². The van der Waals surface area contributed by atoms with Crippen LogP contribution in [0.3, 0.4) is 0 Å². The first-order valence-corrected chi connectivity index (χ1v) is 8.56. The maximum Gasteiger partial charge on any atom is 0.273 e. The summed E-state index contributed by atoms with van der Waals surface area (Å²) in [4.78, 5) is 23.3. The van der Waals surface area contributed by atoms with Crippen molar-refractivity contribution in [1.29, 1.82) is 0 Å². The molecule has 0 radical (unpaired) electrons. The number of carbonyl (C=O) groups is 1. The van der Waals surface area contributed by atoms with Crippen molar-refractivity contribution in [2.45, 2.75) is 45.3 Å². The van der Waals surface area contributed by atoms with Crippen LogP contribution in [0.5, 0.6) is 0 Å². The predicted octanol–water partition coefficient (Wildman–Crippen LogP) is 2.77. The number of amides is 1. The summed E-state index contributed by atoms with van der Waals surface area (Å²) in [5.41, 5.74) is 0.460. The molecular formula is C15H20N4O3S. The van der Waals surface area contributed by atoms with Gasteiger partial charge in [0.15, 0.2) is 5.82 Å². The summed E-state index contributed by atoms with van der Waals surface area (Å²) in [6, 6.07) is -0.133. The molecule has 1 saturated heterocycles. The standard InChI is InChI=1S/C15H20N4O3S/c1-9(2)14-17-13(18-22-14)11-5-4-6-19(11)15(20)10-8-23-12(16-10)7-21-3/h8-9,11H,4-7H2,1-3H3/t11-/m0/s1. The average Bonchev–Trinajstić information content (AvgIpc) is 3.26. The Morgan fingerprint density at radius 1 is 1.52 bits per heavy atom. The van der Waals surface area contributed by atoms with Crippen molar-refractivity contribution >= 4 is 17.2 Å². The molecule has 1 amide bonds. The molecule has 124 valence electrons. The number of nitrogens with zero attached hydrogens (tertiary/aromatic N) is 4. The van der Waals surface area contributed by atoms with Gasteiger partial charge in [0.25, 0.3) is 5.91 Å². The van der Waals surface area contributed by atoms with Crippen LogP contribution in [0, 0.1) is 0 Å². The number of likely N-dealkylation sites (tertiary alicyclic amines) is 1. The van der Waals surface area contributed by atoms with E-state index in [-0.39, 0.29) is 17.9 Å². The number of rotatable bonds is 5. The van der Waals surface area contributed by atoms with Crippen molar-refractivity contribution in [2.75, 3.05) is 13.7 Å². The third-order valence-electron chi connectivity index (χ3n) is 3.80. The van der Waals surface area contributed by atoms with Gasteiger partial charge < -0.3 is 14.2 Å². The fraction of sp³-hybridized carbons (Fsp3) is 0.600. The number of ether oxygens (including phenoxy) is 1. The summed E-state index contributed by atoms with van der Waals surface area (Å²) in [7, 11) is 1.61. The van der Waals surface area contributed by atoms with E-state index in [1.54, 1.807) is 17.4 Å². The normalized spacial score (nSPS) is 18.1. The summed E-state index contributed by atoms with van der Waals surface area (Å²) in [6.45, 7) is 5.11. The Balaban J connectivity index is 1.78. The van der Waals surface area contributed by atoms with Gasteiger partial charge in [-0.25, -0.2) is 4.98 Å². The summed E-state index contributed by atoms with van der Waals surface area (Å²) >= 11 is 1.43. The summed E-state index contributed by atoms with van der Waals surface area (Å²) in [5.74, 6) is 1.29. The Bertz CT molecular complexity index is 682. The smallest absolute Gasteiger partial charge is 0.273 e. The second kappa shape index (κ2) is 6.76. The Labute approximate surface area is 138 Å². The van der Waals surface area contributed by atoms with E-state index < -0.39 is 0 Å². The molecule has 23 heavy (non-hydrogen) atoms. The van der Waals surface area contributed by atoms with Crippen LogP contribution in [0.4, 0.5) is 0 Å². The number of thiazole rings is 1. The van der Waals surface area contributed by atoms with Crippen molar-refractivity contribution in [1.82, 2.24) is 20.0 Å². The fourth-order valence-electron chi connectivity index (χ4n) is 2.64. The maximum absolute atomic E-state index is 12.7. The molecule has 8 heteroatoms. The molecule has 0 aliphatic carbocycles. The molecule has 1 aliphatic heterocycles. The number of hydrogen-bond acceptors (Lipinski definition) is 7. The SMILES string of the molecule is COCc1nc(C(=O)N2CCC[C@H]2c2noc(C(C)C)n2)cs1. The van der Waals surface area contributed by atoms with E-state index in [9.17, 15) is 4.79 Å². The van der Waals surface area contributed by atoms with Gasteiger partial charge >= 0.3 is 0 Å². The second-order valence-corrected chi connectivity index (χ2v) is 6.80. The van der Waals surface area contributed by atoms with Gasteiger partial charge in [-0.3, -0.25) is 4.79 Å². The summed E-state index contributed by atoms with van der Waals surface area (Å²) in [6.07, 6.45) is 1.77. The van der Waals surface area contributed by atoms with E-state index in [1.165, 1.54) is 11.3 Å². The molecule has 0 N–H and O–H groups in total. The van der Waals surface area contributed by atoms with E-state index in [0.29, 0.717) is 30.6 Å². The lowest BCUT2D eigenvalue weighted by molar-refractivity contribution is 0.0722. The highest BCUT2D eigenvalue weighted by molar-refractivity contribution is 7.09. The molecule has 0 aromatic carbocycles. The fourth-order valence-corrected chi connectivity index (χ4v) is 3.38. The van der Waals surface area contributed by atoms with Gasteiger partial charge in [0.2, 0.25) is 5.89 Å². The Kier molecular flexibility index (Phi) is 4.72. The highest BCUT2D eigenvalue weighted by atomic mass is 32.1. The first kappa shape index (κ1) is 16.1. The summed E-state index contributed by atoms with van der Waals surface area (Å²) < 4.78 is 10.3. The molecular weight excluding hydrogens is 316 g/mol. The quantitative estimate of drug-likeness (QED) is 0.835. The lowest BCUT2D eigenvalue weighted by Gasteiger charge is -2.21. The minimum absolute atomic E-state index is 0.0815. The lowest BCUT2D eigenvalue weighted by atomic mass is 10.2. The Hall–Kier alpha value is -1.80. The first-order valence-electron chi connectivity index (χ1n) is 7.68. The van der Waals surface area contributed by atoms with Crippen LogP contribution in [0.15, 0.2) is 9.90 Å².